The minimum atomic E-state index is -0.106. The monoisotopic (exact) mass is 754 g/mol. The van der Waals surface area contributed by atoms with Crippen molar-refractivity contribution in [2.45, 2.75) is 105 Å². The highest BCUT2D eigenvalue weighted by Gasteiger charge is 2.35. The molecule has 0 N–H and O–H groups in total. The van der Waals surface area contributed by atoms with Crippen molar-refractivity contribution in [3.8, 4) is 17.3 Å². The second-order valence-corrected chi connectivity index (χ2v) is 19.9. The summed E-state index contributed by atoms with van der Waals surface area (Å²) in [6.45, 7) is 28.2. The largest absolute Gasteiger partial charge is 0.457 e. The van der Waals surface area contributed by atoms with Gasteiger partial charge in [-0.1, -0.05) is 132 Å². The normalized spacial score (nSPS) is 13.8. The fourth-order valence-corrected chi connectivity index (χ4v) is 8.31. The number of nitrogens with zero attached hydrogens (tertiary/aromatic N) is 4. The molecule has 0 fully saturated rings. The number of pyridine rings is 1. The van der Waals surface area contributed by atoms with Gasteiger partial charge >= 0.3 is 0 Å². The summed E-state index contributed by atoms with van der Waals surface area (Å²) >= 11 is 0. The molecule has 0 spiro atoms. The van der Waals surface area contributed by atoms with Crippen LogP contribution in [0.1, 0.15) is 105 Å². The van der Waals surface area contributed by atoms with Gasteiger partial charge in [0.15, 0.2) is 0 Å². The molecule has 0 saturated carbocycles. The lowest BCUT2D eigenvalue weighted by Gasteiger charge is -2.35. The van der Waals surface area contributed by atoms with Crippen LogP contribution in [0.25, 0.3) is 27.6 Å². The molecule has 0 amide bonds. The first kappa shape index (κ1) is 38.3. The van der Waals surface area contributed by atoms with E-state index in [0.717, 1.165) is 34.0 Å². The molecule has 1 aliphatic rings. The SMILES string of the molecule is CC(C)(C)c1cc(Oc2ccc3c4ccccc4n(-c4cc(C(C)(C)C)ccn4)c3c2)cc(N2CN(c3c(C(C)(C)C)cccc3C(C)(C)C)c3ccccc32)c1. The molecule has 0 radical (unpaired) electrons. The maximum absolute atomic E-state index is 6.94. The summed E-state index contributed by atoms with van der Waals surface area (Å²) in [5.74, 6) is 2.50. The first-order valence-corrected chi connectivity index (χ1v) is 20.4. The number of hydrogen-bond donors (Lipinski definition) is 0. The van der Waals surface area contributed by atoms with E-state index in [9.17, 15) is 0 Å². The van der Waals surface area contributed by atoms with Gasteiger partial charge in [-0.2, -0.15) is 0 Å². The lowest BCUT2D eigenvalue weighted by atomic mass is 9.78. The van der Waals surface area contributed by atoms with Gasteiger partial charge in [0, 0.05) is 34.8 Å². The van der Waals surface area contributed by atoms with Crippen LogP contribution in [0.3, 0.4) is 0 Å². The molecular formula is C52H58N4O. The van der Waals surface area contributed by atoms with Crippen LogP contribution in [0, 0.1) is 0 Å². The summed E-state index contributed by atoms with van der Waals surface area (Å²) in [4.78, 5) is 9.89. The van der Waals surface area contributed by atoms with E-state index < -0.39 is 0 Å². The molecule has 8 rings (SSSR count). The molecule has 292 valence electrons. The third-order valence-corrected chi connectivity index (χ3v) is 11.5. The average molecular weight is 755 g/mol. The van der Waals surface area contributed by atoms with Crippen molar-refractivity contribution in [2.75, 3.05) is 16.5 Å². The van der Waals surface area contributed by atoms with E-state index in [-0.39, 0.29) is 21.7 Å². The smallest absolute Gasteiger partial charge is 0.137 e. The Bertz CT molecular complexity index is 2610. The second kappa shape index (κ2) is 13.5. The standard InChI is InChI=1S/C52H58N4O/c1-49(2,3)34-26-27-53-47(30-34)56-43-21-14-13-18-39(43)40-25-24-37(32-46(40)56)57-38-29-35(50(4,5)6)28-36(31-38)54-33-55(45-23-16-15-22-44(45)54)48-41(51(7,8)9)19-17-20-42(48)52(10,11)12/h13-32H,33H2,1-12H3. The number of aromatic nitrogens is 2. The van der Waals surface area contributed by atoms with Crippen LogP contribution in [-0.2, 0) is 21.7 Å². The minimum absolute atomic E-state index is 0.00174. The Hall–Kier alpha value is -5.55. The van der Waals surface area contributed by atoms with Crippen LogP contribution in [0.5, 0.6) is 11.5 Å². The Morgan fingerprint density at radius 2 is 1.11 bits per heavy atom. The minimum Gasteiger partial charge on any atom is -0.457 e. The molecule has 5 aromatic carbocycles. The van der Waals surface area contributed by atoms with E-state index in [1.165, 1.54) is 50.1 Å². The first-order valence-electron chi connectivity index (χ1n) is 20.4. The van der Waals surface area contributed by atoms with Crippen molar-refractivity contribution >= 4 is 44.6 Å². The van der Waals surface area contributed by atoms with E-state index in [1.807, 2.05) is 6.20 Å². The fraction of sp³-hybridized carbons (Fsp3) is 0.327. The molecule has 0 atom stereocenters. The van der Waals surface area contributed by atoms with Gasteiger partial charge in [0.2, 0.25) is 0 Å². The van der Waals surface area contributed by atoms with Gasteiger partial charge in [-0.05, 0) is 98.5 Å². The molecule has 5 nitrogen and oxygen atoms in total. The molecule has 5 heteroatoms. The van der Waals surface area contributed by atoms with Crippen molar-refractivity contribution in [3.63, 3.8) is 0 Å². The molecular weight excluding hydrogens is 697 g/mol. The van der Waals surface area contributed by atoms with Crippen molar-refractivity contribution in [3.05, 3.63) is 144 Å². The van der Waals surface area contributed by atoms with Crippen LogP contribution in [0.2, 0.25) is 0 Å². The number of hydrogen-bond acceptors (Lipinski definition) is 4. The predicted octanol–water partition coefficient (Wildman–Crippen LogP) is 14.4. The van der Waals surface area contributed by atoms with Crippen LogP contribution in [0.15, 0.2) is 121 Å². The predicted molar refractivity (Wildman–Crippen MR) is 242 cm³/mol. The number of benzene rings is 5. The number of rotatable bonds is 5. The van der Waals surface area contributed by atoms with Gasteiger partial charge in [0.05, 0.1) is 28.1 Å². The zero-order valence-corrected chi connectivity index (χ0v) is 36.0. The summed E-state index contributed by atoms with van der Waals surface area (Å²) in [5.41, 5.74) is 12.0. The molecule has 0 aliphatic carbocycles. The zero-order valence-electron chi connectivity index (χ0n) is 36.0. The molecule has 0 saturated heterocycles. The van der Waals surface area contributed by atoms with E-state index in [0.29, 0.717) is 6.67 Å². The van der Waals surface area contributed by atoms with Gasteiger partial charge in [-0.15, -0.1) is 0 Å². The van der Waals surface area contributed by atoms with Crippen LogP contribution in [0.4, 0.5) is 22.7 Å². The average Bonchev–Trinajstić information content (AvgIpc) is 3.69. The third-order valence-electron chi connectivity index (χ3n) is 11.5. The maximum Gasteiger partial charge on any atom is 0.137 e. The number of anilines is 4. The van der Waals surface area contributed by atoms with E-state index in [1.54, 1.807) is 0 Å². The molecule has 57 heavy (non-hydrogen) atoms. The Morgan fingerprint density at radius 3 is 1.75 bits per heavy atom. The highest BCUT2D eigenvalue weighted by atomic mass is 16.5. The Morgan fingerprint density at radius 1 is 0.491 bits per heavy atom. The second-order valence-electron chi connectivity index (χ2n) is 19.9. The van der Waals surface area contributed by atoms with Gasteiger partial charge in [0.1, 0.15) is 24.0 Å². The third kappa shape index (κ3) is 7.07. The zero-order chi connectivity index (χ0) is 40.7. The molecule has 2 aromatic heterocycles. The quantitative estimate of drug-likeness (QED) is 0.175. The fourth-order valence-electron chi connectivity index (χ4n) is 8.31. The lowest BCUT2D eigenvalue weighted by molar-refractivity contribution is 0.479. The Balaban J connectivity index is 1.24. The maximum atomic E-state index is 6.94. The van der Waals surface area contributed by atoms with Gasteiger partial charge in [-0.3, -0.25) is 4.57 Å². The van der Waals surface area contributed by atoms with Crippen molar-refractivity contribution in [2.24, 2.45) is 0 Å². The van der Waals surface area contributed by atoms with Crippen LogP contribution < -0.4 is 14.5 Å². The summed E-state index contributed by atoms with van der Waals surface area (Å²) in [7, 11) is 0. The van der Waals surface area contributed by atoms with Crippen molar-refractivity contribution < 1.29 is 4.74 Å². The van der Waals surface area contributed by atoms with Gasteiger partial charge < -0.3 is 14.5 Å². The summed E-state index contributed by atoms with van der Waals surface area (Å²) in [6.07, 6.45) is 1.93. The van der Waals surface area contributed by atoms with Crippen molar-refractivity contribution in [1.82, 2.24) is 9.55 Å². The van der Waals surface area contributed by atoms with Crippen LogP contribution in [-0.4, -0.2) is 16.2 Å². The van der Waals surface area contributed by atoms with E-state index in [4.69, 9.17) is 9.72 Å². The molecule has 7 aromatic rings. The highest BCUT2D eigenvalue weighted by molar-refractivity contribution is 6.09. The number of para-hydroxylation sites is 4. The number of ether oxygens (including phenoxy) is 1. The summed E-state index contributed by atoms with van der Waals surface area (Å²) in [5, 5.41) is 2.36. The van der Waals surface area contributed by atoms with Gasteiger partial charge in [0.25, 0.3) is 0 Å². The molecule has 0 bridgehead atoms. The topological polar surface area (TPSA) is 33.5 Å². The Kier molecular flexibility index (Phi) is 9.11. The lowest BCUT2D eigenvalue weighted by Crippen LogP contribution is -2.30. The number of fused-ring (bicyclic) bond motifs is 4. The van der Waals surface area contributed by atoms with E-state index >= 15 is 0 Å². The van der Waals surface area contributed by atoms with Crippen LogP contribution >= 0.6 is 0 Å². The summed E-state index contributed by atoms with van der Waals surface area (Å²) in [6, 6.07) is 41.9. The molecule has 1 aliphatic heterocycles. The van der Waals surface area contributed by atoms with Gasteiger partial charge in [-0.25, -0.2) is 4.98 Å². The van der Waals surface area contributed by atoms with Crippen molar-refractivity contribution in [1.29, 1.82) is 0 Å². The first-order chi connectivity index (χ1) is 26.8. The van der Waals surface area contributed by atoms with E-state index in [2.05, 4.69) is 213 Å². The highest BCUT2D eigenvalue weighted by Crippen LogP contribution is 2.50. The molecule has 3 heterocycles. The Labute approximate surface area is 339 Å². The molecule has 0 unspecified atom stereocenters. The summed E-state index contributed by atoms with van der Waals surface area (Å²) < 4.78 is 9.22.